The average molecular weight is 247 g/mol. The van der Waals surface area contributed by atoms with Crippen LogP contribution in [0.3, 0.4) is 0 Å². The molecular weight excluding hydrogens is 228 g/mol. The number of benzene rings is 1. The van der Waals surface area contributed by atoms with Gasteiger partial charge in [0.15, 0.2) is 18.0 Å². The summed E-state index contributed by atoms with van der Waals surface area (Å²) in [6, 6.07) is 6.70. The highest BCUT2D eigenvalue weighted by atomic mass is 16.5. The molecule has 1 heterocycles. The molecule has 1 aliphatic rings. The number of hydrogen-bond acceptors (Lipinski definition) is 3. The van der Waals surface area contributed by atoms with Crippen molar-refractivity contribution in [2.24, 2.45) is 0 Å². The van der Waals surface area contributed by atoms with E-state index in [1.54, 1.807) is 14.2 Å². The van der Waals surface area contributed by atoms with Gasteiger partial charge in [-0.1, -0.05) is 0 Å². The van der Waals surface area contributed by atoms with Gasteiger partial charge < -0.3 is 14.4 Å². The van der Waals surface area contributed by atoms with Crippen molar-refractivity contribution < 1.29 is 14.4 Å². The van der Waals surface area contributed by atoms with E-state index >= 15 is 0 Å². The fourth-order valence-corrected chi connectivity index (χ4v) is 2.63. The molecule has 0 amide bonds. The van der Waals surface area contributed by atoms with Gasteiger partial charge in [0.2, 0.25) is 0 Å². The van der Waals surface area contributed by atoms with Crippen molar-refractivity contribution >= 4 is 0 Å². The van der Waals surface area contributed by atoms with Crippen LogP contribution in [0.15, 0.2) is 12.1 Å². The van der Waals surface area contributed by atoms with Gasteiger partial charge >= 0.3 is 0 Å². The molecule has 0 spiro atoms. The highest BCUT2D eigenvalue weighted by molar-refractivity contribution is 5.48. The molecule has 4 nitrogen and oxygen atoms in total. The van der Waals surface area contributed by atoms with Crippen LogP contribution in [0, 0.1) is 11.3 Å². The number of nitrogens with zero attached hydrogens (tertiary/aromatic N) is 1. The molecular formula is C14H19N2O2+. The first kappa shape index (κ1) is 12.7. The fourth-order valence-electron chi connectivity index (χ4n) is 2.63. The second-order valence-electron chi connectivity index (χ2n) is 4.62. The molecule has 0 fully saturated rings. The summed E-state index contributed by atoms with van der Waals surface area (Å²) in [4.78, 5) is 1.32. The summed E-state index contributed by atoms with van der Waals surface area (Å²) in [5.41, 5.74) is 2.57. The maximum atomic E-state index is 8.85. The number of quaternary nitrogens is 1. The van der Waals surface area contributed by atoms with E-state index in [0.717, 1.165) is 24.5 Å². The number of nitriles is 1. The Bertz CT molecular complexity index is 479. The minimum Gasteiger partial charge on any atom is -0.493 e. The number of nitrogens with one attached hydrogen (secondary N) is 1. The van der Waals surface area contributed by atoms with Crippen molar-refractivity contribution in [3.05, 3.63) is 23.3 Å². The van der Waals surface area contributed by atoms with Crippen molar-refractivity contribution in [3.63, 3.8) is 0 Å². The molecule has 0 saturated heterocycles. The lowest BCUT2D eigenvalue weighted by molar-refractivity contribution is -0.925. The molecule has 0 bridgehead atoms. The summed E-state index contributed by atoms with van der Waals surface area (Å²) in [5, 5.41) is 8.85. The van der Waals surface area contributed by atoms with Crippen LogP contribution in [0.5, 0.6) is 11.5 Å². The molecule has 2 rings (SSSR count). The van der Waals surface area contributed by atoms with Crippen molar-refractivity contribution in [2.75, 3.05) is 27.3 Å². The first-order valence-electron chi connectivity index (χ1n) is 6.17. The largest absolute Gasteiger partial charge is 0.493 e. The van der Waals surface area contributed by atoms with Gasteiger partial charge in [-0.25, -0.2) is 0 Å². The lowest BCUT2D eigenvalue weighted by Crippen LogP contribution is -3.12. The summed E-state index contributed by atoms with van der Waals surface area (Å²) in [7, 11) is 3.31. The Hall–Kier alpha value is -1.73. The Morgan fingerprint density at radius 3 is 2.61 bits per heavy atom. The summed E-state index contributed by atoms with van der Waals surface area (Å²) >= 11 is 0. The molecule has 18 heavy (non-hydrogen) atoms. The third-order valence-electron chi connectivity index (χ3n) is 3.75. The van der Waals surface area contributed by atoms with Crippen molar-refractivity contribution in [1.29, 1.82) is 5.26 Å². The van der Waals surface area contributed by atoms with E-state index in [4.69, 9.17) is 14.7 Å². The minimum atomic E-state index is 0.327. The first-order chi connectivity index (χ1) is 8.71. The van der Waals surface area contributed by atoms with Gasteiger partial charge in [-0.15, -0.1) is 0 Å². The van der Waals surface area contributed by atoms with Crippen LogP contribution in [0.4, 0.5) is 0 Å². The zero-order chi connectivity index (χ0) is 13.1. The smallest absolute Gasteiger partial charge is 0.165 e. The molecule has 0 saturated carbocycles. The topological polar surface area (TPSA) is 46.7 Å². The van der Waals surface area contributed by atoms with E-state index in [-0.39, 0.29) is 0 Å². The molecule has 1 aliphatic heterocycles. The fraction of sp³-hybridized carbons (Fsp3) is 0.500. The third kappa shape index (κ3) is 2.14. The van der Waals surface area contributed by atoms with Crippen LogP contribution < -0.4 is 14.4 Å². The maximum absolute atomic E-state index is 8.85. The molecule has 0 aliphatic carbocycles. The maximum Gasteiger partial charge on any atom is 0.165 e. The Labute approximate surface area is 108 Å². The van der Waals surface area contributed by atoms with Gasteiger partial charge in [0.05, 0.1) is 20.8 Å². The number of fused-ring (bicyclic) bond motifs is 1. The molecule has 0 aromatic heterocycles. The molecule has 2 atom stereocenters. The van der Waals surface area contributed by atoms with Crippen molar-refractivity contribution in [2.45, 2.75) is 19.4 Å². The Morgan fingerprint density at radius 1 is 1.33 bits per heavy atom. The van der Waals surface area contributed by atoms with E-state index < -0.39 is 0 Å². The van der Waals surface area contributed by atoms with Crippen molar-refractivity contribution in [1.82, 2.24) is 0 Å². The second kappa shape index (κ2) is 5.28. The highest BCUT2D eigenvalue weighted by Gasteiger charge is 2.28. The van der Waals surface area contributed by atoms with E-state index in [1.165, 1.54) is 16.0 Å². The van der Waals surface area contributed by atoms with Crippen LogP contribution in [-0.4, -0.2) is 27.3 Å². The molecule has 0 radical (unpaired) electrons. The Kier molecular flexibility index (Phi) is 3.73. The monoisotopic (exact) mass is 247 g/mol. The number of hydrogen-bond donors (Lipinski definition) is 1. The predicted molar refractivity (Wildman–Crippen MR) is 68.0 cm³/mol. The number of ether oxygens (including phenoxy) is 2. The molecule has 96 valence electrons. The number of rotatable bonds is 3. The summed E-state index contributed by atoms with van der Waals surface area (Å²) < 4.78 is 10.7. The van der Waals surface area contributed by atoms with Crippen LogP contribution in [0.1, 0.15) is 24.1 Å². The van der Waals surface area contributed by atoms with Gasteiger partial charge in [-0.05, 0) is 24.6 Å². The van der Waals surface area contributed by atoms with Crippen LogP contribution in [-0.2, 0) is 6.42 Å². The van der Waals surface area contributed by atoms with Gasteiger partial charge in [0.25, 0.3) is 0 Å². The first-order valence-corrected chi connectivity index (χ1v) is 6.17. The van der Waals surface area contributed by atoms with Gasteiger partial charge in [-0.3, -0.25) is 0 Å². The summed E-state index contributed by atoms with van der Waals surface area (Å²) in [6.45, 7) is 3.71. The molecule has 4 heteroatoms. The predicted octanol–water partition coefficient (Wildman–Crippen LogP) is 0.729. The van der Waals surface area contributed by atoms with Crippen molar-refractivity contribution in [3.8, 4) is 17.6 Å². The third-order valence-corrected chi connectivity index (χ3v) is 3.75. The van der Waals surface area contributed by atoms with Gasteiger partial charge in [0.1, 0.15) is 12.1 Å². The Balaban J connectivity index is 2.39. The highest BCUT2D eigenvalue weighted by Crippen LogP contribution is 2.33. The molecule has 1 unspecified atom stereocenters. The summed E-state index contributed by atoms with van der Waals surface area (Å²) in [5.74, 6) is 1.55. The summed E-state index contributed by atoms with van der Waals surface area (Å²) in [6.07, 6.45) is 0.983. The van der Waals surface area contributed by atoms with Gasteiger partial charge in [-0.2, -0.15) is 5.26 Å². The quantitative estimate of drug-likeness (QED) is 0.801. The van der Waals surface area contributed by atoms with E-state index in [2.05, 4.69) is 25.1 Å². The van der Waals surface area contributed by atoms with E-state index in [9.17, 15) is 0 Å². The average Bonchev–Trinajstić information content (AvgIpc) is 2.41. The van der Waals surface area contributed by atoms with Crippen LogP contribution in [0.25, 0.3) is 0 Å². The normalized spacial score (nSPS) is 21.9. The standard InChI is InChI=1S/C14H18N2O2/c1-10-12-9-14(18-3)13(17-2)8-11(12)4-6-16(10)7-5-15/h8-10H,4,6-7H2,1-3H3/p+1/t10-/m1/s1. The van der Waals surface area contributed by atoms with Gasteiger partial charge in [0, 0.05) is 12.0 Å². The molecule has 1 aromatic rings. The van der Waals surface area contributed by atoms with Crippen LogP contribution in [0.2, 0.25) is 0 Å². The zero-order valence-electron chi connectivity index (χ0n) is 11.1. The number of methoxy groups -OCH3 is 2. The zero-order valence-corrected chi connectivity index (χ0v) is 11.1. The minimum absolute atomic E-state index is 0.327. The van der Waals surface area contributed by atoms with E-state index in [0.29, 0.717) is 12.6 Å². The van der Waals surface area contributed by atoms with Crippen LogP contribution >= 0.6 is 0 Å². The van der Waals surface area contributed by atoms with E-state index in [1.807, 2.05) is 0 Å². The second-order valence-corrected chi connectivity index (χ2v) is 4.62. The lowest BCUT2D eigenvalue weighted by atomic mass is 9.93. The molecule has 1 N–H and O–H groups in total. The lowest BCUT2D eigenvalue weighted by Gasteiger charge is -2.31. The Morgan fingerprint density at radius 2 is 2.00 bits per heavy atom. The molecule has 1 aromatic carbocycles. The SMILES string of the molecule is COc1cc2c(cc1OC)[C@@H](C)[NH+](CC#N)CC2.